The van der Waals surface area contributed by atoms with Crippen LogP contribution in [0.25, 0.3) is 11.1 Å². The lowest BCUT2D eigenvalue weighted by molar-refractivity contribution is 0.262. The number of anilines is 2. The second-order valence-corrected chi connectivity index (χ2v) is 5.73. The maximum absolute atomic E-state index is 12.4. The van der Waals surface area contributed by atoms with E-state index in [4.69, 9.17) is 5.73 Å². The Morgan fingerprint density at radius 1 is 0.840 bits per heavy atom. The van der Waals surface area contributed by atoms with Crippen molar-refractivity contribution in [3.05, 3.63) is 84.4 Å². The third kappa shape index (κ3) is 4.46. The molecular weight excluding hydrogens is 310 g/mol. The molecule has 3 aromatic rings. The molecule has 4 heteroatoms. The number of hydrogen-bond acceptors (Lipinski definition) is 2. The molecule has 126 valence electrons. The number of amides is 2. The lowest BCUT2D eigenvalue weighted by Gasteiger charge is -2.12. The maximum atomic E-state index is 12.4. The SMILES string of the molecule is NCCc1cccc(NC(=O)Nc2ccccc2-c2ccccc2)c1. The monoisotopic (exact) mass is 331 g/mol. The van der Waals surface area contributed by atoms with Crippen LogP contribution in [0.5, 0.6) is 0 Å². The fourth-order valence-electron chi connectivity index (χ4n) is 2.72. The Labute approximate surface area is 147 Å². The first-order valence-corrected chi connectivity index (χ1v) is 8.28. The minimum atomic E-state index is -0.270. The van der Waals surface area contributed by atoms with Gasteiger partial charge >= 0.3 is 6.03 Å². The molecule has 0 unspecified atom stereocenters. The van der Waals surface area contributed by atoms with Gasteiger partial charge in [-0.25, -0.2) is 4.79 Å². The highest BCUT2D eigenvalue weighted by Gasteiger charge is 2.08. The number of carbonyl (C=O) groups excluding carboxylic acids is 1. The number of benzene rings is 3. The molecule has 0 saturated heterocycles. The molecule has 2 amide bonds. The molecule has 0 aliphatic heterocycles. The Hall–Kier alpha value is -3.11. The van der Waals surface area contributed by atoms with E-state index in [1.165, 1.54) is 0 Å². The van der Waals surface area contributed by atoms with E-state index in [9.17, 15) is 4.79 Å². The minimum absolute atomic E-state index is 0.270. The van der Waals surface area contributed by atoms with Gasteiger partial charge < -0.3 is 16.4 Å². The summed E-state index contributed by atoms with van der Waals surface area (Å²) in [6.07, 6.45) is 0.786. The fraction of sp³-hybridized carbons (Fsp3) is 0.0952. The lowest BCUT2D eigenvalue weighted by Crippen LogP contribution is -2.20. The van der Waals surface area contributed by atoms with Gasteiger partial charge in [-0.05, 0) is 42.3 Å². The molecule has 0 aliphatic carbocycles. The maximum Gasteiger partial charge on any atom is 0.323 e. The average Bonchev–Trinajstić information content (AvgIpc) is 2.63. The molecule has 0 aliphatic rings. The molecule has 4 nitrogen and oxygen atoms in total. The van der Waals surface area contributed by atoms with Gasteiger partial charge in [-0.3, -0.25) is 0 Å². The summed E-state index contributed by atoms with van der Waals surface area (Å²) in [4.78, 5) is 12.4. The number of urea groups is 1. The normalized spacial score (nSPS) is 10.3. The number of nitrogens with one attached hydrogen (secondary N) is 2. The zero-order chi connectivity index (χ0) is 17.5. The van der Waals surface area contributed by atoms with Gasteiger partial charge in [0.25, 0.3) is 0 Å². The van der Waals surface area contributed by atoms with Gasteiger partial charge in [-0.15, -0.1) is 0 Å². The van der Waals surface area contributed by atoms with Crippen LogP contribution >= 0.6 is 0 Å². The van der Waals surface area contributed by atoms with Gasteiger partial charge in [0.1, 0.15) is 0 Å². The zero-order valence-electron chi connectivity index (χ0n) is 13.9. The summed E-state index contributed by atoms with van der Waals surface area (Å²) in [6.45, 7) is 0.583. The van der Waals surface area contributed by atoms with E-state index in [-0.39, 0.29) is 6.03 Å². The second-order valence-electron chi connectivity index (χ2n) is 5.73. The summed E-state index contributed by atoms with van der Waals surface area (Å²) < 4.78 is 0. The van der Waals surface area contributed by atoms with Gasteiger partial charge in [0.15, 0.2) is 0 Å². The average molecular weight is 331 g/mol. The topological polar surface area (TPSA) is 67.1 Å². The molecule has 25 heavy (non-hydrogen) atoms. The standard InChI is InChI=1S/C21H21N3O/c22-14-13-16-7-6-10-18(15-16)23-21(25)24-20-12-5-4-11-19(20)17-8-2-1-3-9-17/h1-12,15H,13-14,22H2,(H2,23,24,25). The van der Waals surface area contributed by atoms with Crippen LogP contribution in [0.4, 0.5) is 16.2 Å². The van der Waals surface area contributed by atoms with Gasteiger partial charge in [0.05, 0.1) is 5.69 Å². The molecule has 0 fully saturated rings. The second kappa shape index (κ2) is 8.13. The van der Waals surface area contributed by atoms with Crippen molar-refractivity contribution < 1.29 is 4.79 Å². The number of para-hydroxylation sites is 1. The van der Waals surface area contributed by atoms with Crippen molar-refractivity contribution in [2.24, 2.45) is 5.73 Å². The third-order valence-corrected chi connectivity index (χ3v) is 3.88. The molecule has 0 radical (unpaired) electrons. The van der Waals surface area contributed by atoms with Crippen LogP contribution in [0.2, 0.25) is 0 Å². The predicted molar refractivity (Wildman–Crippen MR) is 104 cm³/mol. The van der Waals surface area contributed by atoms with Crippen LogP contribution in [0.3, 0.4) is 0 Å². The Bertz CT molecular complexity index is 847. The highest BCUT2D eigenvalue weighted by molar-refractivity contribution is 6.02. The quantitative estimate of drug-likeness (QED) is 0.644. The number of rotatable bonds is 5. The first kappa shape index (κ1) is 16.7. The zero-order valence-corrected chi connectivity index (χ0v) is 13.9. The summed E-state index contributed by atoms with van der Waals surface area (Å²) in [5, 5.41) is 5.81. The molecule has 0 spiro atoms. The Balaban J connectivity index is 1.75. The van der Waals surface area contributed by atoms with Crippen LogP contribution in [0, 0.1) is 0 Å². The van der Waals surface area contributed by atoms with E-state index in [0.29, 0.717) is 6.54 Å². The summed E-state index contributed by atoms with van der Waals surface area (Å²) in [6, 6.07) is 25.2. The van der Waals surface area contributed by atoms with E-state index in [1.54, 1.807) is 0 Å². The molecule has 4 N–H and O–H groups in total. The number of carbonyl (C=O) groups is 1. The van der Waals surface area contributed by atoms with Gasteiger partial charge in [0.2, 0.25) is 0 Å². The highest BCUT2D eigenvalue weighted by atomic mass is 16.2. The van der Waals surface area contributed by atoms with Crippen LogP contribution in [0.15, 0.2) is 78.9 Å². The van der Waals surface area contributed by atoms with Gasteiger partial charge in [-0.2, -0.15) is 0 Å². The highest BCUT2D eigenvalue weighted by Crippen LogP contribution is 2.27. The van der Waals surface area contributed by atoms with Crippen LogP contribution < -0.4 is 16.4 Å². The van der Waals surface area contributed by atoms with E-state index in [1.807, 2.05) is 78.9 Å². The number of hydrogen-bond donors (Lipinski definition) is 3. The Kier molecular flexibility index (Phi) is 5.44. The van der Waals surface area contributed by atoms with Crippen molar-refractivity contribution in [1.29, 1.82) is 0 Å². The molecule has 3 rings (SSSR count). The molecular formula is C21H21N3O. The summed E-state index contributed by atoms with van der Waals surface area (Å²) in [7, 11) is 0. The molecule has 0 atom stereocenters. The van der Waals surface area contributed by atoms with E-state index < -0.39 is 0 Å². The predicted octanol–water partition coefficient (Wildman–Crippen LogP) is 4.50. The first-order valence-electron chi connectivity index (χ1n) is 8.28. The minimum Gasteiger partial charge on any atom is -0.330 e. The smallest absolute Gasteiger partial charge is 0.323 e. The van der Waals surface area contributed by atoms with Crippen LogP contribution in [-0.4, -0.2) is 12.6 Å². The van der Waals surface area contributed by atoms with Gasteiger partial charge in [0, 0.05) is 11.3 Å². The Morgan fingerprint density at radius 2 is 1.60 bits per heavy atom. The van der Waals surface area contributed by atoms with Crippen molar-refractivity contribution in [1.82, 2.24) is 0 Å². The molecule has 0 bridgehead atoms. The van der Waals surface area contributed by atoms with Crippen molar-refractivity contribution in [3.8, 4) is 11.1 Å². The molecule has 0 heterocycles. The third-order valence-electron chi connectivity index (χ3n) is 3.88. The summed E-state index contributed by atoms with van der Waals surface area (Å²) in [5.74, 6) is 0. The summed E-state index contributed by atoms with van der Waals surface area (Å²) in [5.41, 5.74) is 10.2. The fourth-order valence-corrected chi connectivity index (χ4v) is 2.72. The molecule has 0 aromatic heterocycles. The molecule has 3 aromatic carbocycles. The van der Waals surface area contributed by atoms with E-state index in [0.717, 1.165) is 34.5 Å². The van der Waals surface area contributed by atoms with Crippen LogP contribution in [0.1, 0.15) is 5.56 Å². The lowest BCUT2D eigenvalue weighted by atomic mass is 10.0. The van der Waals surface area contributed by atoms with Crippen molar-refractivity contribution in [2.45, 2.75) is 6.42 Å². The van der Waals surface area contributed by atoms with Crippen molar-refractivity contribution >= 4 is 17.4 Å². The first-order chi connectivity index (χ1) is 12.3. The van der Waals surface area contributed by atoms with Gasteiger partial charge in [-0.1, -0.05) is 60.7 Å². The number of nitrogens with two attached hydrogens (primary N) is 1. The summed E-state index contributed by atoms with van der Waals surface area (Å²) >= 11 is 0. The van der Waals surface area contributed by atoms with E-state index in [2.05, 4.69) is 10.6 Å². The van der Waals surface area contributed by atoms with Crippen LogP contribution in [-0.2, 0) is 6.42 Å². The Morgan fingerprint density at radius 3 is 2.40 bits per heavy atom. The largest absolute Gasteiger partial charge is 0.330 e. The molecule has 0 saturated carbocycles. The van der Waals surface area contributed by atoms with E-state index >= 15 is 0 Å². The van der Waals surface area contributed by atoms with Crippen molar-refractivity contribution in [2.75, 3.05) is 17.2 Å². The van der Waals surface area contributed by atoms with Crippen molar-refractivity contribution in [3.63, 3.8) is 0 Å².